The summed E-state index contributed by atoms with van der Waals surface area (Å²) in [7, 11) is 0. The highest BCUT2D eigenvalue weighted by atomic mass is 16.5. The zero-order valence-electron chi connectivity index (χ0n) is 30.3. The maximum Gasteiger partial charge on any atom is 0.307 e. The van der Waals surface area contributed by atoms with Crippen LogP contribution in [0.1, 0.15) is 114 Å². The Morgan fingerprint density at radius 2 is 1.85 bits per heavy atom. The van der Waals surface area contributed by atoms with Gasteiger partial charge in [0, 0.05) is 16.4 Å². The van der Waals surface area contributed by atoms with Crippen LogP contribution in [0.15, 0.2) is 24.3 Å². The van der Waals surface area contributed by atoms with Gasteiger partial charge in [-0.25, -0.2) is 9.67 Å². The molecular formula is C38H62N4O4. The lowest BCUT2D eigenvalue weighted by Gasteiger charge is -2.71. The fraction of sp³-hybridized carbons (Fsp3) is 0.868. The van der Waals surface area contributed by atoms with Crippen LogP contribution >= 0.6 is 0 Å². The summed E-state index contributed by atoms with van der Waals surface area (Å²) in [6.45, 7) is 24.5. The standard InChI is InChI=1S/C38H62N4O4/c1-23(2)25(5)33(6)15-16-35(8)26-11-12-29-34(7)18-45-20-38(29,27(26)13-14-36(35,9)30(33)32(43)44)17-28(42-22-40-21-41-42)31(34)46-19-37(10,39)24(3)4/h13,21-26,28-31H,11-12,14-20,39H2,1-10H3,(H,43,44)/t25-,26+,28-,29+,30-,31+,33-,34+,35-,36+,37+,38+/m1/s1. The minimum Gasteiger partial charge on any atom is -0.481 e. The molecule has 46 heavy (non-hydrogen) atoms. The number of carbonyl (C=O) groups is 1. The molecule has 1 aliphatic heterocycles. The third kappa shape index (κ3) is 4.58. The number of ether oxygens (including phenoxy) is 2. The number of aliphatic carboxylic acids is 1. The van der Waals surface area contributed by atoms with E-state index in [0.29, 0.717) is 43.5 Å². The van der Waals surface area contributed by atoms with E-state index < -0.39 is 17.4 Å². The van der Waals surface area contributed by atoms with Crippen LogP contribution in [0.2, 0.25) is 0 Å². The van der Waals surface area contributed by atoms with Crippen molar-refractivity contribution in [3.05, 3.63) is 24.3 Å². The molecule has 0 amide bonds. The Balaban J connectivity index is 1.43. The van der Waals surface area contributed by atoms with Crippen LogP contribution in [-0.4, -0.2) is 57.3 Å². The molecule has 0 spiro atoms. The number of fused-ring (bicyclic) bond motifs is 3. The second-order valence-corrected chi connectivity index (χ2v) is 18.4. The summed E-state index contributed by atoms with van der Waals surface area (Å²) in [5, 5.41) is 15.7. The first kappa shape index (κ1) is 34.1. The van der Waals surface area contributed by atoms with Crippen LogP contribution in [0.25, 0.3) is 0 Å². The van der Waals surface area contributed by atoms with Gasteiger partial charge in [0.05, 0.1) is 37.9 Å². The van der Waals surface area contributed by atoms with Crippen molar-refractivity contribution in [3.8, 4) is 0 Å². The predicted molar refractivity (Wildman–Crippen MR) is 180 cm³/mol. The predicted octanol–water partition coefficient (Wildman–Crippen LogP) is 7.17. The number of hydrogen-bond donors (Lipinski definition) is 2. The van der Waals surface area contributed by atoms with E-state index >= 15 is 0 Å². The minimum absolute atomic E-state index is 0.00434. The van der Waals surface area contributed by atoms with Gasteiger partial charge in [-0.05, 0) is 91.3 Å². The van der Waals surface area contributed by atoms with E-state index in [9.17, 15) is 9.90 Å². The number of carboxylic acids is 1. The van der Waals surface area contributed by atoms with Crippen molar-refractivity contribution in [2.45, 2.75) is 125 Å². The van der Waals surface area contributed by atoms with Crippen molar-refractivity contribution >= 4 is 5.97 Å². The summed E-state index contributed by atoms with van der Waals surface area (Å²) in [4.78, 5) is 17.8. The first-order chi connectivity index (χ1) is 21.4. The van der Waals surface area contributed by atoms with Crippen LogP contribution in [0.5, 0.6) is 0 Å². The van der Waals surface area contributed by atoms with E-state index in [-0.39, 0.29) is 45.1 Å². The largest absolute Gasteiger partial charge is 0.481 e. The molecule has 2 heterocycles. The highest BCUT2D eigenvalue weighted by Crippen LogP contribution is 2.75. The summed E-state index contributed by atoms with van der Waals surface area (Å²) in [6, 6.07) is 0.00434. The number of rotatable bonds is 8. The Labute approximate surface area is 277 Å². The average molecular weight is 639 g/mol. The van der Waals surface area contributed by atoms with Gasteiger partial charge in [-0.2, -0.15) is 5.10 Å². The lowest BCUT2D eigenvalue weighted by atomic mass is 9.34. The molecule has 0 unspecified atom stereocenters. The van der Waals surface area contributed by atoms with Crippen LogP contribution < -0.4 is 5.73 Å². The Morgan fingerprint density at radius 3 is 2.46 bits per heavy atom. The maximum atomic E-state index is 13.4. The fourth-order valence-corrected chi connectivity index (χ4v) is 12.0. The summed E-state index contributed by atoms with van der Waals surface area (Å²) >= 11 is 0. The van der Waals surface area contributed by atoms with Crippen LogP contribution in [0, 0.1) is 62.6 Å². The van der Waals surface area contributed by atoms with Gasteiger partial charge in [0.1, 0.15) is 12.7 Å². The minimum atomic E-state index is -0.613. The number of carboxylic acid groups (broad SMARTS) is 1. The highest BCUT2D eigenvalue weighted by molar-refractivity contribution is 5.73. The van der Waals surface area contributed by atoms with Crippen molar-refractivity contribution < 1.29 is 19.4 Å². The second-order valence-electron chi connectivity index (χ2n) is 18.4. The summed E-state index contributed by atoms with van der Waals surface area (Å²) < 4.78 is 15.7. The van der Waals surface area contributed by atoms with Crippen molar-refractivity contribution in [1.29, 1.82) is 0 Å². The molecule has 4 fully saturated rings. The first-order valence-corrected chi connectivity index (χ1v) is 18.1. The molecule has 1 aromatic heterocycles. The Kier molecular flexibility index (Phi) is 8.25. The maximum absolute atomic E-state index is 13.4. The van der Waals surface area contributed by atoms with Gasteiger partial charge in [0.2, 0.25) is 0 Å². The smallest absolute Gasteiger partial charge is 0.307 e. The molecule has 0 aromatic carbocycles. The first-order valence-electron chi connectivity index (χ1n) is 18.1. The molecule has 2 bridgehead atoms. The summed E-state index contributed by atoms with van der Waals surface area (Å²) in [6.07, 6.45) is 11.8. The zero-order chi connectivity index (χ0) is 33.7. The molecule has 8 nitrogen and oxygen atoms in total. The van der Waals surface area contributed by atoms with Gasteiger partial charge < -0.3 is 20.3 Å². The molecule has 4 aliphatic carbocycles. The Bertz CT molecular complexity index is 1340. The number of nitrogens with zero attached hydrogens (tertiary/aromatic N) is 3. The van der Waals surface area contributed by atoms with E-state index in [4.69, 9.17) is 20.3 Å². The summed E-state index contributed by atoms with van der Waals surface area (Å²) in [5.41, 5.74) is 6.79. The zero-order valence-corrected chi connectivity index (χ0v) is 30.3. The monoisotopic (exact) mass is 638 g/mol. The lowest BCUT2D eigenvalue weighted by molar-refractivity contribution is -0.252. The average Bonchev–Trinajstić information content (AvgIpc) is 3.51. The molecule has 258 valence electrons. The number of hydrogen-bond acceptors (Lipinski definition) is 6. The van der Waals surface area contributed by atoms with Crippen LogP contribution in [-0.2, 0) is 14.3 Å². The van der Waals surface area contributed by atoms with E-state index in [1.807, 2.05) is 11.0 Å². The molecular weight excluding hydrogens is 576 g/mol. The van der Waals surface area contributed by atoms with Crippen molar-refractivity contribution in [3.63, 3.8) is 0 Å². The SMILES string of the molecule is CC(C)[C@@H](C)[C@@]1(C)CC[C@]2(C)[C@H]3CC[C@@H]4[C@@]5(COC[C@]4(C)[C@@H](OC[C@](C)(N)C(C)C)[C@H](n4cncn4)C5)C3=CC[C@@]2(C)[C@@H]1C(=O)O. The van der Waals surface area contributed by atoms with Gasteiger partial charge in [-0.15, -0.1) is 0 Å². The molecule has 12 atom stereocenters. The van der Waals surface area contributed by atoms with Crippen LogP contribution in [0.4, 0.5) is 0 Å². The molecule has 8 heteroatoms. The molecule has 5 aliphatic rings. The van der Waals surface area contributed by atoms with E-state index in [1.165, 1.54) is 5.57 Å². The normalized spacial score (nSPS) is 45.7. The Hall–Kier alpha value is -1.77. The Morgan fingerprint density at radius 1 is 1.13 bits per heavy atom. The molecule has 1 saturated heterocycles. The van der Waals surface area contributed by atoms with E-state index in [0.717, 1.165) is 38.5 Å². The number of nitrogens with two attached hydrogens (primary N) is 1. The highest BCUT2D eigenvalue weighted by Gasteiger charge is 2.72. The van der Waals surface area contributed by atoms with Gasteiger partial charge in [0.15, 0.2) is 0 Å². The van der Waals surface area contributed by atoms with E-state index in [2.05, 4.69) is 80.3 Å². The fourth-order valence-electron chi connectivity index (χ4n) is 12.0. The quantitative estimate of drug-likeness (QED) is 0.291. The third-order valence-electron chi connectivity index (χ3n) is 15.8. The molecule has 6 rings (SSSR count). The second kappa shape index (κ2) is 11.1. The van der Waals surface area contributed by atoms with Gasteiger partial charge in [0.25, 0.3) is 0 Å². The lowest BCUT2D eigenvalue weighted by Crippen LogP contribution is -2.69. The van der Waals surface area contributed by atoms with Crippen LogP contribution in [0.3, 0.4) is 0 Å². The molecule has 1 aromatic rings. The van der Waals surface area contributed by atoms with Crippen molar-refractivity contribution in [2.24, 2.45) is 68.3 Å². The van der Waals surface area contributed by atoms with E-state index in [1.54, 1.807) is 6.33 Å². The van der Waals surface area contributed by atoms with Crippen molar-refractivity contribution in [2.75, 3.05) is 19.8 Å². The van der Waals surface area contributed by atoms with Gasteiger partial charge in [-0.1, -0.05) is 74.0 Å². The number of aromatic nitrogens is 3. The third-order valence-corrected chi connectivity index (χ3v) is 15.8. The summed E-state index contributed by atoms with van der Waals surface area (Å²) in [5.74, 6) is 0.771. The topological polar surface area (TPSA) is 112 Å². The molecule has 3 N–H and O–H groups in total. The molecule has 3 saturated carbocycles. The van der Waals surface area contributed by atoms with Crippen molar-refractivity contribution in [1.82, 2.24) is 14.8 Å². The van der Waals surface area contributed by atoms with Gasteiger partial charge in [-0.3, -0.25) is 4.79 Å². The van der Waals surface area contributed by atoms with Gasteiger partial charge >= 0.3 is 5.97 Å². The molecule has 0 radical (unpaired) electrons. The number of allylic oxidation sites excluding steroid dienone is 1.